The van der Waals surface area contributed by atoms with Crippen LogP contribution in [0.5, 0.6) is 5.75 Å². The Morgan fingerprint density at radius 3 is 2.47 bits per heavy atom. The van der Waals surface area contributed by atoms with Gasteiger partial charge in [0, 0.05) is 56.6 Å². The average molecular weight is 521 g/mol. The number of rotatable bonds is 7. The molecule has 9 heteroatoms. The highest BCUT2D eigenvalue weighted by Crippen LogP contribution is 2.35. The Balaban J connectivity index is 1.61. The molecule has 0 aromatic heterocycles. The van der Waals surface area contributed by atoms with E-state index in [-0.39, 0.29) is 18.5 Å². The van der Waals surface area contributed by atoms with Gasteiger partial charge in [-0.2, -0.15) is 0 Å². The molecule has 0 saturated carbocycles. The van der Waals surface area contributed by atoms with Gasteiger partial charge in [-0.1, -0.05) is 35.9 Å². The summed E-state index contributed by atoms with van der Waals surface area (Å²) in [5, 5.41) is 2.95. The molecular weight excluding hydrogens is 484 g/mol. The SMILES string of the molecule is CCOC(=O)C1=C(CN2CCCN(C(=O)c3ccc(C)cc3)CC2)N(C)C(=O)N[C@H]1c1ccccc1OC. The van der Waals surface area contributed by atoms with Crippen LogP contribution in [0.4, 0.5) is 4.79 Å². The van der Waals surface area contributed by atoms with Gasteiger partial charge in [0.1, 0.15) is 5.75 Å². The van der Waals surface area contributed by atoms with Crippen LogP contribution in [-0.2, 0) is 9.53 Å². The number of carbonyl (C=O) groups is 3. The summed E-state index contributed by atoms with van der Waals surface area (Å²) in [4.78, 5) is 45.0. The van der Waals surface area contributed by atoms with Crippen LogP contribution >= 0.6 is 0 Å². The van der Waals surface area contributed by atoms with Gasteiger partial charge in [-0.3, -0.25) is 14.6 Å². The lowest BCUT2D eigenvalue weighted by Gasteiger charge is -2.37. The van der Waals surface area contributed by atoms with Gasteiger partial charge in [-0.05, 0) is 38.5 Å². The van der Waals surface area contributed by atoms with E-state index in [1.165, 1.54) is 4.90 Å². The average Bonchev–Trinajstić information content (AvgIpc) is 3.16. The van der Waals surface area contributed by atoms with E-state index in [9.17, 15) is 14.4 Å². The summed E-state index contributed by atoms with van der Waals surface area (Å²) in [5.41, 5.74) is 3.44. The largest absolute Gasteiger partial charge is 0.496 e. The van der Waals surface area contributed by atoms with Crippen molar-refractivity contribution in [1.82, 2.24) is 20.0 Å². The van der Waals surface area contributed by atoms with Crippen LogP contribution in [0.25, 0.3) is 0 Å². The molecule has 2 aliphatic heterocycles. The van der Waals surface area contributed by atoms with E-state index in [1.54, 1.807) is 27.1 Å². The molecule has 202 valence electrons. The van der Waals surface area contributed by atoms with E-state index in [2.05, 4.69) is 10.2 Å². The molecule has 38 heavy (non-hydrogen) atoms. The van der Waals surface area contributed by atoms with Gasteiger partial charge in [0.05, 0.1) is 25.3 Å². The number of nitrogens with one attached hydrogen (secondary N) is 1. The van der Waals surface area contributed by atoms with Crippen LogP contribution in [-0.4, -0.2) is 86.1 Å². The standard InChI is InChI=1S/C29H36N4O5/c1-5-38-28(35)25-23(31(3)29(36)30-26(25)22-9-6-7-10-24(22)37-4)19-32-15-8-16-33(18-17-32)27(34)21-13-11-20(2)12-14-21/h6-7,9-14,26H,5,8,15-19H2,1-4H3,(H,30,36)/t26-/m0/s1. The molecular formula is C29H36N4O5. The molecule has 1 fully saturated rings. The van der Waals surface area contributed by atoms with E-state index >= 15 is 0 Å². The van der Waals surface area contributed by atoms with Crippen LogP contribution in [0, 0.1) is 6.92 Å². The van der Waals surface area contributed by atoms with E-state index in [0.29, 0.717) is 54.3 Å². The van der Waals surface area contributed by atoms with Gasteiger partial charge in [-0.25, -0.2) is 9.59 Å². The minimum absolute atomic E-state index is 0.0173. The van der Waals surface area contributed by atoms with Crippen LogP contribution < -0.4 is 10.1 Å². The minimum atomic E-state index is -0.713. The Bertz CT molecular complexity index is 1210. The number of esters is 1. The molecule has 0 spiro atoms. The maximum absolute atomic E-state index is 13.3. The number of ether oxygens (including phenoxy) is 2. The van der Waals surface area contributed by atoms with Gasteiger partial charge >= 0.3 is 12.0 Å². The third-order valence-corrected chi connectivity index (χ3v) is 7.07. The highest BCUT2D eigenvalue weighted by atomic mass is 16.5. The van der Waals surface area contributed by atoms with E-state index in [4.69, 9.17) is 9.47 Å². The zero-order valence-electron chi connectivity index (χ0n) is 22.5. The predicted molar refractivity (Wildman–Crippen MR) is 144 cm³/mol. The first kappa shape index (κ1) is 27.2. The van der Waals surface area contributed by atoms with Gasteiger partial charge in [0.25, 0.3) is 5.91 Å². The first-order valence-electron chi connectivity index (χ1n) is 13.0. The molecule has 2 aromatic rings. The molecule has 0 bridgehead atoms. The monoisotopic (exact) mass is 520 g/mol. The number of urea groups is 1. The Hall–Kier alpha value is -3.85. The molecule has 3 amide bonds. The second kappa shape index (κ2) is 12.1. The quantitative estimate of drug-likeness (QED) is 0.563. The van der Waals surface area contributed by atoms with Crippen molar-refractivity contribution in [2.45, 2.75) is 26.3 Å². The zero-order valence-corrected chi connectivity index (χ0v) is 22.5. The van der Waals surface area contributed by atoms with E-state index in [0.717, 1.165) is 18.5 Å². The van der Waals surface area contributed by atoms with Crippen molar-refractivity contribution in [3.05, 3.63) is 76.5 Å². The number of carbonyl (C=O) groups excluding carboxylic acids is 3. The summed E-state index contributed by atoms with van der Waals surface area (Å²) in [6, 6.07) is 13.9. The van der Waals surface area contributed by atoms with Gasteiger partial charge < -0.3 is 19.7 Å². The topological polar surface area (TPSA) is 91.4 Å². The van der Waals surface area contributed by atoms with Crippen LogP contribution in [0.15, 0.2) is 59.8 Å². The number of benzene rings is 2. The number of hydrogen-bond donors (Lipinski definition) is 1. The Morgan fingerprint density at radius 1 is 1.03 bits per heavy atom. The molecule has 0 aliphatic carbocycles. The predicted octanol–water partition coefficient (Wildman–Crippen LogP) is 3.37. The summed E-state index contributed by atoms with van der Waals surface area (Å²) >= 11 is 0. The van der Waals surface area contributed by atoms with Crippen molar-refractivity contribution in [2.75, 3.05) is 53.5 Å². The molecule has 0 unspecified atom stereocenters. The molecule has 0 radical (unpaired) electrons. The number of likely N-dealkylation sites (N-methyl/N-ethyl adjacent to an activating group) is 1. The number of nitrogens with zero attached hydrogens (tertiary/aromatic N) is 3. The lowest BCUT2D eigenvalue weighted by atomic mass is 9.93. The third kappa shape index (κ3) is 5.83. The van der Waals surface area contributed by atoms with Crippen molar-refractivity contribution in [3.8, 4) is 5.75 Å². The highest BCUT2D eigenvalue weighted by molar-refractivity contribution is 5.95. The lowest BCUT2D eigenvalue weighted by Crippen LogP contribution is -2.49. The summed E-state index contributed by atoms with van der Waals surface area (Å²) in [6.07, 6.45) is 0.783. The first-order chi connectivity index (χ1) is 18.3. The third-order valence-electron chi connectivity index (χ3n) is 7.07. The summed E-state index contributed by atoms with van der Waals surface area (Å²) < 4.78 is 11.0. The summed E-state index contributed by atoms with van der Waals surface area (Å²) in [6.45, 7) is 6.89. The molecule has 1 saturated heterocycles. The molecule has 1 N–H and O–H groups in total. The number of amides is 3. The molecule has 4 rings (SSSR count). The molecule has 1 atom stereocenters. The number of aryl methyl sites for hydroxylation is 1. The Labute approximate surface area is 224 Å². The number of hydrogen-bond acceptors (Lipinski definition) is 6. The fourth-order valence-corrected chi connectivity index (χ4v) is 4.96. The van der Waals surface area contributed by atoms with E-state index < -0.39 is 12.0 Å². The maximum Gasteiger partial charge on any atom is 0.338 e. The van der Waals surface area contributed by atoms with Crippen LogP contribution in [0.2, 0.25) is 0 Å². The molecule has 2 aromatic carbocycles. The highest BCUT2D eigenvalue weighted by Gasteiger charge is 2.38. The normalized spacial score (nSPS) is 18.6. The maximum atomic E-state index is 13.3. The Morgan fingerprint density at radius 2 is 1.76 bits per heavy atom. The number of methoxy groups -OCH3 is 1. The van der Waals surface area contributed by atoms with Crippen molar-refractivity contribution in [1.29, 1.82) is 0 Å². The van der Waals surface area contributed by atoms with Gasteiger partial charge in [-0.15, -0.1) is 0 Å². The van der Waals surface area contributed by atoms with Gasteiger partial charge in [0.2, 0.25) is 0 Å². The van der Waals surface area contributed by atoms with Crippen molar-refractivity contribution in [3.63, 3.8) is 0 Å². The molecule has 2 aliphatic rings. The van der Waals surface area contributed by atoms with Crippen LogP contribution in [0.3, 0.4) is 0 Å². The first-order valence-corrected chi connectivity index (χ1v) is 13.0. The number of para-hydroxylation sites is 1. The lowest BCUT2D eigenvalue weighted by molar-refractivity contribution is -0.139. The second-order valence-corrected chi connectivity index (χ2v) is 9.55. The second-order valence-electron chi connectivity index (χ2n) is 9.55. The van der Waals surface area contributed by atoms with Crippen molar-refractivity contribution in [2.24, 2.45) is 0 Å². The fourth-order valence-electron chi connectivity index (χ4n) is 4.96. The van der Waals surface area contributed by atoms with Crippen molar-refractivity contribution >= 4 is 17.9 Å². The summed E-state index contributed by atoms with van der Waals surface area (Å²) in [5.74, 6) is 0.114. The van der Waals surface area contributed by atoms with Crippen molar-refractivity contribution < 1.29 is 23.9 Å². The smallest absolute Gasteiger partial charge is 0.338 e. The van der Waals surface area contributed by atoms with Gasteiger partial charge in [0.15, 0.2) is 0 Å². The van der Waals surface area contributed by atoms with E-state index in [1.807, 2.05) is 54.3 Å². The minimum Gasteiger partial charge on any atom is -0.496 e. The Kier molecular flexibility index (Phi) is 8.68. The summed E-state index contributed by atoms with van der Waals surface area (Å²) in [7, 11) is 3.22. The molecule has 2 heterocycles. The van der Waals surface area contributed by atoms with Crippen LogP contribution in [0.1, 0.15) is 40.9 Å². The fraction of sp³-hybridized carbons (Fsp3) is 0.414. The molecule has 9 nitrogen and oxygen atoms in total. The zero-order chi connectivity index (χ0) is 27.2.